The lowest BCUT2D eigenvalue weighted by Crippen LogP contribution is -2.44. The van der Waals surface area contributed by atoms with Gasteiger partial charge in [-0.05, 0) is 35.7 Å². The summed E-state index contributed by atoms with van der Waals surface area (Å²) in [7, 11) is 3.17. The third-order valence-electron chi connectivity index (χ3n) is 4.76. The average Bonchev–Trinajstić information content (AvgIpc) is 3.39. The molecule has 0 saturated heterocycles. The summed E-state index contributed by atoms with van der Waals surface area (Å²) in [5.41, 5.74) is 1.75. The Balaban J connectivity index is 1.63. The van der Waals surface area contributed by atoms with Gasteiger partial charge in [-0.3, -0.25) is 0 Å². The second kappa shape index (κ2) is 7.36. The topological polar surface area (TPSA) is 55.7 Å². The van der Waals surface area contributed by atoms with E-state index in [1.807, 2.05) is 22.4 Å². The summed E-state index contributed by atoms with van der Waals surface area (Å²) in [5, 5.41) is 5.04. The predicted octanol–water partition coefficient (Wildman–Crippen LogP) is 4.20. The van der Waals surface area contributed by atoms with Crippen LogP contribution < -0.4 is 14.8 Å². The number of urea groups is 1. The molecule has 1 aromatic carbocycles. The van der Waals surface area contributed by atoms with Crippen molar-refractivity contribution in [1.29, 1.82) is 0 Å². The number of benzene rings is 1. The maximum absolute atomic E-state index is 13.2. The number of amides is 2. The van der Waals surface area contributed by atoms with Crippen LogP contribution in [0.5, 0.6) is 11.5 Å². The highest BCUT2D eigenvalue weighted by atomic mass is 32.1. The van der Waals surface area contributed by atoms with Crippen LogP contribution in [0.1, 0.15) is 16.6 Å². The van der Waals surface area contributed by atoms with E-state index in [2.05, 4.69) is 28.2 Å². The van der Waals surface area contributed by atoms with Crippen LogP contribution in [-0.2, 0) is 6.54 Å². The highest BCUT2D eigenvalue weighted by molar-refractivity contribution is 7.10. The van der Waals surface area contributed by atoms with E-state index in [-0.39, 0.29) is 12.1 Å². The zero-order chi connectivity index (χ0) is 18.8. The summed E-state index contributed by atoms with van der Waals surface area (Å²) in [5.74, 6) is 1.24. The summed E-state index contributed by atoms with van der Waals surface area (Å²) in [6, 6.07) is 13.3. The van der Waals surface area contributed by atoms with E-state index in [1.165, 1.54) is 0 Å². The molecule has 0 saturated carbocycles. The molecule has 0 spiro atoms. The number of rotatable bonds is 4. The molecular weight excluding hydrogens is 362 g/mol. The summed E-state index contributed by atoms with van der Waals surface area (Å²) in [6.45, 7) is 1.41. The fourth-order valence-corrected chi connectivity index (χ4v) is 4.29. The maximum Gasteiger partial charge on any atom is 0.322 e. The lowest BCUT2D eigenvalue weighted by atomic mass is 10.1. The first-order chi connectivity index (χ1) is 13.2. The molecule has 2 aromatic heterocycles. The van der Waals surface area contributed by atoms with E-state index < -0.39 is 0 Å². The van der Waals surface area contributed by atoms with Crippen LogP contribution in [0.4, 0.5) is 10.5 Å². The number of carbonyl (C=O) groups excluding carboxylic acids is 1. The summed E-state index contributed by atoms with van der Waals surface area (Å²) >= 11 is 1.66. The molecule has 7 heteroatoms. The number of nitrogens with zero attached hydrogens (tertiary/aromatic N) is 2. The van der Waals surface area contributed by atoms with Crippen molar-refractivity contribution in [3.05, 3.63) is 64.6 Å². The van der Waals surface area contributed by atoms with E-state index in [9.17, 15) is 4.79 Å². The van der Waals surface area contributed by atoms with E-state index in [0.29, 0.717) is 23.7 Å². The zero-order valence-corrected chi connectivity index (χ0v) is 16.0. The number of thiophene rings is 1. The average molecular weight is 383 g/mol. The summed E-state index contributed by atoms with van der Waals surface area (Å²) < 4.78 is 12.8. The summed E-state index contributed by atoms with van der Waals surface area (Å²) in [6.07, 6.45) is 2.07. The Hall–Kier alpha value is -2.93. The SMILES string of the molecule is COc1ccc(NC(=O)N2CCn3cccc3[C@H]2c2cccs2)c(OC)c1. The van der Waals surface area contributed by atoms with Crippen LogP contribution in [0.2, 0.25) is 0 Å². The van der Waals surface area contributed by atoms with Crippen LogP contribution in [0.15, 0.2) is 54.0 Å². The van der Waals surface area contributed by atoms with Gasteiger partial charge in [-0.2, -0.15) is 0 Å². The minimum atomic E-state index is -0.149. The molecule has 0 bridgehead atoms. The molecule has 2 amide bonds. The van der Waals surface area contributed by atoms with Gasteiger partial charge in [0.2, 0.25) is 0 Å². The van der Waals surface area contributed by atoms with Crippen LogP contribution in [-0.4, -0.2) is 36.3 Å². The van der Waals surface area contributed by atoms with Crippen molar-refractivity contribution in [1.82, 2.24) is 9.47 Å². The zero-order valence-electron chi connectivity index (χ0n) is 15.2. The molecule has 6 nitrogen and oxygen atoms in total. The number of methoxy groups -OCH3 is 2. The minimum absolute atomic E-state index is 0.0991. The number of nitrogens with one attached hydrogen (secondary N) is 1. The third-order valence-corrected chi connectivity index (χ3v) is 5.69. The van der Waals surface area contributed by atoms with Gasteiger partial charge in [0.05, 0.1) is 19.9 Å². The van der Waals surface area contributed by atoms with Gasteiger partial charge in [-0.1, -0.05) is 6.07 Å². The van der Waals surface area contributed by atoms with Crippen molar-refractivity contribution in [3.8, 4) is 11.5 Å². The van der Waals surface area contributed by atoms with Crippen molar-refractivity contribution in [3.63, 3.8) is 0 Å². The van der Waals surface area contributed by atoms with Gasteiger partial charge in [-0.25, -0.2) is 4.79 Å². The second-order valence-corrected chi connectivity index (χ2v) is 7.21. The Kier molecular flexibility index (Phi) is 4.77. The smallest absolute Gasteiger partial charge is 0.322 e. The Morgan fingerprint density at radius 1 is 1.15 bits per heavy atom. The van der Waals surface area contributed by atoms with Crippen LogP contribution in [0.3, 0.4) is 0 Å². The van der Waals surface area contributed by atoms with Crippen LogP contribution >= 0.6 is 11.3 Å². The van der Waals surface area contributed by atoms with Crippen molar-refractivity contribution in [2.45, 2.75) is 12.6 Å². The summed E-state index contributed by atoms with van der Waals surface area (Å²) in [4.78, 5) is 16.2. The highest BCUT2D eigenvalue weighted by Crippen LogP contribution is 2.36. The largest absolute Gasteiger partial charge is 0.497 e. The van der Waals surface area contributed by atoms with E-state index in [1.54, 1.807) is 43.8 Å². The van der Waals surface area contributed by atoms with Crippen LogP contribution in [0.25, 0.3) is 0 Å². The second-order valence-electron chi connectivity index (χ2n) is 6.23. The fraction of sp³-hybridized carbons (Fsp3) is 0.250. The Morgan fingerprint density at radius 2 is 2.04 bits per heavy atom. The van der Waals surface area contributed by atoms with Crippen molar-refractivity contribution in [2.75, 3.05) is 26.1 Å². The molecule has 4 rings (SSSR count). The fourth-order valence-electron chi connectivity index (χ4n) is 3.44. The molecule has 1 aliphatic rings. The number of anilines is 1. The van der Waals surface area contributed by atoms with Crippen molar-refractivity contribution >= 4 is 23.1 Å². The number of carbonyl (C=O) groups is 1. The molecule has 0 aliphatic carbocycles. The molecule has 1 aliphatic heterocycles. The maximum atomic E-state index is 13.2. The number of hydrogen-bond acceptors (Lipinski definition) is 4. The van der Waals surface area contributed by atoms with Crippen molar-refractivity contribution in [2.24, 2.45) is 0 Å². The number of ether oxygens (including phenoxy) is 2. The van der Waals surface area contributed by atoms with Crippen LogP contribution in [0, 0.1) is 0 Å². The van der Waals surface area contributed by atoms with Gasteiger partial charge < -0.3 is 24.3 Å². The first-order valence-corrected chi connectivity index (χ1v) is 9.57. The van der Waals surface area contributed by atoms with Crippen molar-refractivity contribution < 1.29 is 14.3 Å². The monoisotopic (exact) mass is 383 g/mol. The number of aromatic nitrogens is 1. The third kappa shape index (κ3) is 3.26. The standard InChI is InChI=1S/C20H21N3O3S/c1-25-14-7-8-15(17(13-14)26-2)21-20(24)23-11-10-22-9-3-5-16(22)19(23)18-6-4-12-27-18/h3-9,12-13,19H,10-11H2,1-2H3,(H,21,24)/t19-/m0/s1. The Bertz CT molecular complexity index is 936. The first kappa shape index (κ1) is 17.5. The quantitative estimate of drug-likeness (QED) is 0.734. The highest BCUT2D eigenvalue weighted by Gasteiger charge is 2.33. The molecule has 0 unspecified atom stereocenters. The first-order valence-electron chi connectivity index (χ1n) is 8.69. The van der Waals surface area contributed by atoms with Gasteiger partial charge in [0, 0.05) is 35.9 Å². The lowest BCUT2D eigenvalue weighted by molar-refractivity contribution is 0.183. The number of hydrogen-bond donors (Lipinski definition) is 1. The molecule has 1 atom stereocenters. The lowest BCUT2D eigenvalue weighted by Gasteiger charge is -2.36. The van der Waals surface area contributed by atoms with Gasteiger partial charge in [-0.15, -0.1) is 11.3 Å². The molecule has 3 aromatic rings. The van der Waals surface area contributed by atoms with Gasteiger partial charge in [0.25, 0.3) is 0 Å². The molecule has 0 fully saturated rings. The Labute approximate surface area is 161 Å². The van der Waals surface area contributed by atoms with E-state index in [4.69, 9.17) is 9.47 Å². The Morgan fingerprint density at radius 3 is 2.78 bits per heavy atom. The molecule has 27 heavy (non-hydrogen) atoms. The van der Waals surface area contributed by atoms with Gasteiger partial charge in [0.1, 0.15) is 17.5 Å². The number of fused-ring (bicyclic) bond motifs is 1. The van der Waals surface area contributed by atoms with Gasteiger partial charge >= 0.3 is 6.03 Å². The molecule has 1 N–H and O–H groups in total. The minimum Gasteiger partial charge on any atom is -0.497 e. The molecular formula is C20H21N3O3S. The molecule has 140 valence electrons. The van der Waals surface area contributed by atoms with E-state index >= 15 is 0 Å². The predicted molar refractivity (Wildman–Crippen MR) is 106 cm³/mol. The molecule has 3 heterocycles. The normalized spacial score (nSPS) is 15.9. The molecule has 0 radical (unpaired) electrons. The van der Waals surface area contributed by atoms with E-state index in [0.717, 1.165) is 17.1 Å². The van der Waals surface area contributed by atoms with Gasteiger partial charge in [0.15, 0.2) is 0 Å².